The van der Waals surface area contributed by atoms with Gasteiger partial charge in [0.25, 0.3) is 5.91 Å². The number of amides is 1. The summed E-state index contributed by atoms with van der Waals surface area (Å²) < 4.78 is 16.8. The standard InChI is InChI=1S/C29H31NO6/c1-3-4-8-17-35-22-14-13-21(19-24(22)34-2)26-25(27(31)23-12-9-18-36-23)28(32)29(33)30(26)16-15-20-10-6-5-7-11-20/h5-7,9-14,18-19,26,32H,3-4,8,15-17H2,1-2H3. The molecule has 0 saturated heterocycles. The lowest BCUT2D eigenvalue weighted by Crippen LogP contribution is -2.33. The van der Waals surface area contributed by atoms with Crippen LogP contribution >= 0.6 is 0 Å². The quantitative estimate of drug-likeness (QED) is 0.260. The van der Waals surface area contributed by atoms with Gasteiger partial charge in [0.2, 0.25) is 5.78 Å². The Bertz CT molecular complexity index is 1220. The predicted octanol–water partition coefficient (Wildman–Crippen LogP) is 5.68. The number of carbonyl (C=O) groups excluding carboxylic acids is 2. The predicted molar refractivity (Wildman–Crippen MR) is 135 cm³/mol. The SMILES string of the molecule is CCCCCOc1ccc(C2C(C(=O)c3ccco3)=C(O)C(=O)N2CCc2ccccc2)cc1OC. The number of ether oxygens (including phenoxy) is 2. The number of hydrogen-bond donors (Lipinski definition) is 1. The Morgan fingerprint density at radius 3 is 2.56 bits per heavy atom. The molecule has 1 amide bonds. The fourth-order valence-electron chi connectivity index (χ4n) is 4.41. The Morgan fingerprint density at radius 1 is 1.06 bits per heavy atom. The molecule has 2 aromatic carbocycles. The first-order valence-corrected chi connectivity index (χ1v) is 12.2. The van der Waals surface area contributed by atoms with Crippen LogP contribution in [0.3, 0.4) is 0 Å². The lowest BCUT2D eigenvalue weighted by Gasteiger charge is -2.27. The number of aliphatic hydroxyl groups is 1. The van der Waals surface area contributed by atoms with Crippen molar-refractivity contribution in [2.24, 2.45) is 0 Å². The number of hydrogen-bond acceptors (Lipinski definition) is 6. The van der Waals surface area contributed by atoms with E-state index in [1.165, 1.54) is 17.2 Å². The molecule has 36 heavy (non-hydrogen) atoms. The van der Waals surface area contributed by atoms with Gasteiger partial charge in [-0.25, -0.2) is 0 Å². The molecule has 1 atom stereocenters. The molecule has 0 spiro atoms. The Morgan fingerprint density at radius 2 is 1.86 bits per heavy atom. The minimum absolute atomic E-state index is 0.0123. The highest BCUT2D eigenvalue weighted by Gasteiger charge is 2.44. The summed E-state index contributed by atoms with van der Waals surface area (Å²) in [6.07, 6.45) is 5.05. The summed E-state index contributed by atoms with van der Waals surface area (Å²) in [4.78, 5) is 28.1. The van der Waals surface area contributed by atoms with Crippen LogP contribution in [0.2, 0.25) is 0 Å². The molecule has 1 aliphatic heterocycles. The molecule has 188 valence electrons. The summed E-state index contributed by atoms with van der Waals surface area (Å²) in [5, 5.41) is 10.8. The summed E-state index contributed by atoms with van der Waals surface area (Å²) in [6, 6.07) is 17.4. The second-order valence-electron chi connectivity index (χ2n) is 8.67. The Labute approximate surface area is 210 Å². The Hall–Kier alpha value is -4.00. The maximum absolute atomic E-state index is 13.3. The van der Waals surface area contributed by atoms with Crippen molar-refractivity contribution in [1.29, 1.82) is 0 Å². The second-order valence-corrected chi connectivity index (χ2v) is 8.67. The zero-order valence-electron chi connectivity index (χ0n) is 20.6. The van der Waals surface area contributed by atoms with Crippen LogP contribution in [0.15, 0.2) is 82.7 Å². The molecule has 0 aliphatic carbocycles. The van der Waals surface area contributed by atoms with Crippen molar-refractivity contribution < 1.29 is 28.6 Å². The number of nitrogens with zero attached hydrogens (tertiary/aromatic N) is 1. The van der Waals surface area contributed by atoms with Crippen molar-refractivity contribution in [1.82, 2.24) is 4.90 Å². The van der Waals surface area contributed by atoms with E-state index in [0.717, 1.165) is 24.8 Å². The number of benzene rings is 2. The molecule has 4 rings (SSSR count). The maximum atomic E-state index is 13.3. The normalized spacial score (nSPS) is 15.4. The molecule has 1 aromatic heterocycles. The van der Waals surface area contributed by atoms with Gasteiger partial charge >= 0.3 is 0 Å². The average Bonchev–Trinajstić information content (AvgIpc) is 3.53. The highest BCUT2D eigenvalue weighted by molar-refractivity contribution is 6.15. The Kier molecular flexibility index (Phi) is 8.10. The molecule has 0 fully saturated rings. The molecule has 1 aliphatic rings. The minimum Gasteiger partial charge on any atom is -0.503 e. The topological polar surface area (TPSA) is 89.2 Å². The summed E-state index contributed by atoms with van der Waals surface area (Å²) in [6.45, 7) is 3.01. The van der Waals surface area contributed by atoms with E-state index < -0.39 is 23.5 Å². The van der Waals surface area contributed by atoms with Gasteiger partial charge in [0.05, 0.1) is 31.6 Å². The summed E-state index contributed by atoms with van der Waals surface area (Å²) in [5.74, 6) is -0.544. The molecule has 0 bridgehead atoms. The summed E-state index contributed by atoms with van der Waals surface area (Å²) in [7, 11) is 1.55. The van der Waals surface area contributed by atoms with Crippen LogP contribution < -0.4 is 9.47 Å². The van der Waals surface area contributed by atoms with Gasteiger partial charge in [-0.3, -0.25) is 9.59 Å². The van der Waals surface area contributed by atoms with E-state index >= 15 is 0 Å². The van der Waals surface area contributed by atoms with Crippen molar-refractivity contribution in [2.45, 2.75) is 38.6 Å². The molecular formula is C29H31NO6. The fourth-order valence-corrected chi connectivity index (χ4v) is 4.41. The van der Waals surface area contributed by atoms with Crippen molar-refractivity contribution in [3.8, 4) is 11.5 Å². The van der Waals surface area contributed by atoms with E-state index in [-0.39, 0.29) is 11.3 Å². The zero-order chi connectivity index (χ0) is 25.5. The van der Waals surface area contributed by atoms with Gasteiger partial charge in [0.15, 0.2) is 23.0 Å². The van der Waals surface area contributed by atoms with E-state index in [1.54, 1.807) is 31.4 Å². The molecule has 0 saturated carbocycles. The minimum atomic E-state index is -0.804. The van der Waals surface area contributed by atoms with Crippen LogP contribution in [0, 0.1) is 0 Å². The van der Waals surface area contributed by atoms with Gasteiger partial charge in [-0.15, -0.1) is 0 Å². The highest BCUT2D eigenvalue weighted by atomic mass is 16.5. The van der Waals surface area contributed by atoms with Crippen LogP contribution in [0.5, 0.6) is 11.5 Å². The molecule has 3 aromatic rings. The smallest absolute Gasteiger partial charge is 0.290 e. The van der Waals surface area contributed by atoms with Gasteiger partial charge < -0.3 is 23.9 Å². The first-order chi connectivity index (χ1) is 17.5. The number of rotatable bonds is 12. The third-order valence-corrected chi connectivity index (χ3v) is 6.29. The van der Waals surface area contributed by atoms with E-state index in [0.29, 0.717) is 36.6 Å². The fraction of sp³-hybridized carbons (Fsp3) is 0.310. The van der Waals surface area contributed by atoms with Gasteiger partial charge in [0.1, 0.15) is 0 Å². The average molecular weight is 490 g/mol. The lowest BCUT2D eigenvalue weighted by atomic mass is 9.94. The first kappa shape index (κ1) is 25.1. The van der Waals surface area contributed by atoms with Crippen molar-refractivity contribution in [3.63, 3.8) is 0 Å². The summed E-state index contributed by atoms with van der Waals surface area (Å²) >= 11 is 0. The number of Topliss-reactive ketones (excluding diaryl/α,β-unsaturated/α-hetero) is 1. The van der Waals surface area contributed by atoms with Crippen molar-refractivity contribution in [3.05, 3.63) is 95.1 Å². The molecule has 2 heterocycles. The number of unbranched alkanes of at least 4 members (excludes halogenated alkanes) is 2. The molecular weight excluding hydrogens is 458 g/mol. The molecule has 7 heteroatoms. The van der Waals surface area contributed by atoms with E-state index in [2.05, 4.69) is 6.92 Å². The third-order valence-electron chi connectivity index (χ3n) is 6.29. The van der Waals surface area contributed by atoms with Crippen LogP contribution in [0.4, 0.5) is 0 Å². The van der Waals surface area contributed by atoms with Crippen LogP contribution in [-0.2, 0) is 11.2 Å². The number of furan rings is 1. The molecule has 1 N–H and O–H groups in total. The van der Waals surface area contributed by atoms with Gasteiger partial charge in [-0.05, 0) is 48.2 Å². The number of aliphatic hydroxyl groups excluding tert-OH is 1. The molecule has 0 radical (unpaired) electrons. The number of ketones is 1. The van der Waals surface area contributed by atoms with Gasteiger partial charge in [-0.2, -0.15) is 0 Å². The van der Waals surface area contributed by atoms with Crippen LogP contribution in [0.25, 0.3) is 0 Å². The zero-order valence-corrected chi connectivity index (χ0v) is 20.6. The lowest BCUT2D eigenvalue weighted by molar-refractivity contribution is -0.129. The van der Waals surface area contributed by atoms with E-state index in [1.807, 2.05) is 30.3 Å². The van der Waals surface area contributed by atoms with Crippen molar-refractivity contribution >= 4 is 11.7 Å². The van der Waals surface area contributed by atoms with Gasteiger partial charge in [-0.1, -0.05) is 56.2 Å². The Balaban J connectivity index is 1.68. The van der Waals surface area contributed by atoms with Gasteiger partial charge in [0, 0.05) is 6.54 Å². The monoisotopic (exact) mass is 489 g/mol. The molecule has 7 nitrogen and oxygen atoms in total. The highest BCUT2D eigenvalue weighted by Crippen LogP contribution is 2.41. The number of methoxy groups -OCH3 is 1. The molecule has 1 unspecified atom stereocenters. The summed E-state index contributed by atoms with van der Waals surface area (Å²) in [5.41, 5.74) is 1.66. The van der Waals surface area contributed by atoms with Crippen LogP contribution in [0.1, 0.15) is 53.9 Å². The third kappa shape index (κ3) is 5.30. The number of carbonyl (C=O) groups is 2. The maximum Gasteiger partial charge on any atom is 0.290 e. The van der Waals surface area contributed by atoms with E-state index in [9.17, 15) is 14.7 Å². The van der Waals surface area contributed by atoms with E-state index in [4.69, 9.17) is 13.9 Å². The second kappa shape index (κ2) is 11.6. The first-order valence-electron chi connectivity index (χ1n) is 12.2. The van der Waals surface area contributed by atoms with Crippen LogP contribution in [-0.4, -0.2) is 42.0 Å². The largest absolute Gasteiger partial charge is 0.503 e. The van der Waals surface area contributed by atoms with Crippen molar-refractivity contribution in [2.75, 3.05) is 20.3 Å².